The van der Waals surface area contributed by atoms with Crippen LogP contribution in [0.15, 0.2) is 64.9 Å². The highest BCUT2D eigenvalue weighted by Crippen LogP contribution is 2.25. The van der Waals surface area contributed by atoms with Crippen molar-refractivity contribution in [3.8, 4) is 0 Å². The van der Waals surface area contributed by atoms with E-state index >= 15 is 0 Å². The number of nitrogens with one attached hydrogen (secondary N) is 1. The van der Waals surface area contributed by atoms with Crippen molar-refractivity contribution < 1.29 is 9.59 Å². The molecule has 0 spiro atoms. The molecule has 1 aromatic heterocycles. The fourth-order valence-corrected chi connectivity index (χ4v) is 4.09. The van der Waals surface area contributed by atoms with E-state index in [4.69, 9.17) is 23.2 Å². The Balaban J connectivity index is 1.57. The van der Waals surface area contributed by atoms with E-state index in [2.05, 4.69) is 5.32 Å². The van der Waals surface area contributed by atoms with Gasteiger partial charge >= 0.3 is 0 Å². The molecule has 7 heteroatoms. The van der Waals surface area contributed by atoms with Gasteiger partial charge in [0.1, 0.15) is 0 Å². The van der Waals surface area contributed by atoms with Crippen molar-refractivity contribution in [1.82, 2.24) is 0 Å². The van der Waals surface area contributed by atoms with Crippen molar-refractivity contribution in [3.63, 3.8) is 0 Å². The van der Waals surface area contributed by atoms with Crippen molar-refractivity contribution in [2.45, 2.75) is 4.90 Å². The van der Waals surface area contributed by atoms with E-state index in [0.717, 1.165) is 4.90 Å². The van der Waals surface area contributed by atoms with Gasteiger partial charge in [0.25, 0.3) is 5.91 Å². The van der Waals surface area contributed by atoms with E-state index in [1.807, 2.05) is 35.7 Å². The molecule has 0 aliphatic rings. The van der Waals surface area contributed by atoms with Gasteiger partial charge < -0.3 is 5.32 Å². The van der Waals surface area contributed by atoms with E-state index in [-0.39, 0.29) is 17.4 Å². The molecule has 1 amide bonds. The Morgan fingerprint density at radius 1 is 1.04 bits per heavy atom. The summed E-state index contributed by atoms with van der Waals surface area (Å²) >= 11 is 14.7. The van der Waals surface area contributed by atoms with Crippen molar-refractivity contribution >= 4 is 63.7 Å². The summed E-state index contributed by atoms with van der Waals surface area (Å²) in [6.07, 6.45) is 0. The number of carbonyl (C=O) groups excluding carboxylic acids is 2. The lowest BCUT2D eigenvalue weighted by Gasteiger charge is -2.06. The summed E-state index contributed by atoms with van der Waals surface area (Å²) in [5.41, 5.74) is 1.17. The molecule has 0 radical (unpaired) electrons. The van der Waals surface area contributed by atoms with E-state index in [1.54, 1.807) is 24.3 Å². The first-order valence-electron chi connectivity index (χ1n) is 7.59. The van der Waals surface area contributed by atoms with E-state index in [9.17, 15) is 9.59 Å². The predicted octanol–water partition coefficient (Wildman–Crippen LogP) is 6.28. The maximum absolute atomic E-state index is 12.3. The Hall–Kier alpha value is -1.79. The SMILES string of the molecule is O=C(Nc1ccc(SCC(=O)c2ccc(Cl)cc2Cl)cc1)c1cccs1. The van der Waals surface area contributed by atoms with Gasteiger partial charge in [-0.2, -0.15) is 0 Å². The van der Waals surface area contributed by atoms with Crippen LogP contribution in [-0.2, 0) is 0 Å². The zero-order valence-corrected chi connectivity index (χ0v) is 16.5. The maximum Gasteiger partial charge on any atom is 0.265 e. The van der Waals surface area contributed by atoms with Crippen molar-refractivity contribution in [1.29, 1.82) is 0 Å². The van der Waals surface area contributed by atoms with Crippen LogP contribution >= 0.6 is 46.3 Å². The van der Waals surface area contributed by atoms with Gasteiger partial charge in [-0.3, -0.25) is 9.59 Å². The minimum absolute atomic E-state index is 0.0632. The third kappa shape index (κ3) is 4.89. The first-order valence-corrected chi connectivity index (χ1v) is 10.2. The summed E-state index contributed by atoms with van der Waals surface area (Å²) in [4.78, 5) is 25.9. The molecule has 0 saturated carbocycles. The lowest BCUT2D eigenvalue weighted by Crippen LogP contribution is -2.09. The molecule has 1 N–H and O–H groups in total. The van der Waals surface area contributed by atoms with Gasteiger partial charge in [-0.25, -0.2) is 0 Å². The van der Waals surface area contributed by atoms with Gasteiger partial charge in [0, 0.05) is 21.2 Å². The molecule has 0 aliphatic heterocycles. The number of benzene rings is 2. The number of halogens is 2. The number of hydrogen-bond donors (Lipinski definition) is 1. The fourth-order valence-electron chi connectivity index (χ4n) is 2.18. The first kappa shape index (κ1) is 19.0. The van der Waals surface area contributed by atoms with Gasteiger partial charge in [0.2, 0.25) is 0 Å². The number of thioether (sulfide) groups is 1. The van der Waals surface area contributed by atoms with Gasteiger partial charge in [-0.15, -0.1) is 23.1 Å². The van der Waals surface area contributed by atoms with Crippen LogP contribution in [0.1, 0.15) is 20.0 Å². The summed E-state index contributed by atoms with van der Waals surface area (Å²) in [5.74, 6) is 0.0714. The second-order valence-corrected chi connectivity index (χ2v) is 8.13. The molecule has 26 heavy (non-hydrogen) atoms. The molecule has 0 bridgehead atoms. The van der Waals surface area contributed by atoms with Crippen LogP contribution in [0.25, 0.3) is 0 Å². The van der Waals surface area contributed by atoms with E-state index < -0.39 is 0 Å². The van der Waals surface area contributed by atoms with E-state index in [0.29, 0.717) is 26.2 Å². The Morgan fingerprint density at radius 2 is 1.81 bits per heavy atom. The van der Waals surface area contributed by atoms with Gasteiger partial charge in [0.15, 0.2) is 5.78 Å². The smallest absolute Gasteiger partial charge is 0.265 e. The van der Waals surface area contributed by atoms with Crippen molar-refractivity contribution in [2.75, 3.05) is 11.1 Å². The average Bonchev–Trinajstić information content (AvgIpc) is 3.16. The van der Waals surface area contributed by atoms with Crippen LogP contribution in [0.4, 0.5) is 5.69 Å². The Kier molecular flexibility index (Phi) is 6.38. The molecule has 0 fully saturated rings. The van der Waals surface area contributed by atoms with Crippen LogP contribution in [0.5, 0.6) is 0 Å². The molecular formula is C19H13Cl2NO2S2. The van der Waals surface area contributed by atoms with Crippen molar-refractivity contribution in [2.24, 2.45) is 0 Å². The number of rotatable bonds is 6. The zero-order valence-electron chi connectivity index (χ0n) is 13.4. The molecule has 3 nitrogen and oxygen atoms in total. The largest absolute Gasteiger partial charge is 0.321 e. The maximum atomic E-state index is 12.3. The number of thiophene rings is 1. The normalized spacial score (nSPS) is 10.5. The molecule has 1 heterocycles. The van der Waals surface area contributed by atoms with Crippen molar-refractivity contribution in [3.05, 3.63) is 80.5 Å². The molecule has 3 rings (SSSR count). The Labute approximate surface area is 169 Å². The highest BCUT2D eigenvalue weighted by Gasteiger charge is 2.12. The molecule has 0 aliphatic carbocycles. The monoisotopic (exact) mass is 421 g/mol. The zero-order chi connectivity index (χ0) is 18.5. The second-order valence-electron chi connectivity index (χ2n) is 5.29. The Bertz CT molecular complexity index is 925. The molecule has 132 valence electrons. The summed E-state index contributed by atoms with van der Waals surface area (Å²) in [7, 11) is 0. The van der Waals surface area contributed by atoms with Crippen LogP contribution in [0, 0.1) is 0 Å². The molecule has 2 aromatic carbocycles. The minimum Gasteiger partial charge on any atom is -0.321 e. The van der Waals surface area contributed by atoms with Crippen LogP contribution < -0.4 is 5.32 Å². The van der Waals surface area contributed by atoms with Gasteiger partial charge in [-0.05, 0) is 53.9 Å². The number of ketones is 1. The number of carbonyl (C=O) groups is 2. The minimum atomic E-state index is -0.132. The third-order valence-corrected chi connectivity index (χ3v) is 5.89. The first-order chi connectivity index (χ1) is 12.5. The van der Waals surface area contributed by atoms with Crippen LogP contribution in [-0.4, -0.2) is 17.4 Å². The fraction of sp³-hybridized carbons (Fsp3) is 0.0526. The predicted molar refractivity (Wildman–Crippen MR) is 110 cm³/mol. The summed E-state index contributed by atoms with van der Waals surface area (Å²) in [5, 5.41) is 5.56. The molecule has 3 aromatic rings. The third-order valence-electron chi connectivity index (χ3n) is 3.46. The molecular weight excluding hydrogens is 409 g/mol. The highest BCUT2D eigenvalue weighted by molar-refractivity contribution is 8.00. The van der Waals surface area contributed by atoms with Gasteiger partial charge in [0.05, 0.1) is 15.7 Å². The number of amides is 1. The lowest BCUT2D eigenvalue weighted by atomic mass is 10.1. The summed E-state index contributed by atoms with van der Waals surface area (Å²) < 4.78 is 0. The number of anilines is 1. The number of Topliss-reactive ketones (excluding diaryl/α,β-unsaturated/α-hetero) is 1. The topological polar surface area (TPSA) is 46.2 Å². The summed E-state index contributed by atoms with van der Waals surface area (Å²) in [6.45, 7) is 0. The van der Waals surface area contributed by atoms with Crippen LogP contribution in [0.3, 0.4) is 0 Å². The highest BCUT2D eigenvalue weighted by atomic mass is 35.5. The molecule has 0 atom stereocenters. The summed E-state index contributed by atoms with van der Waals surface area (Å²) in [6, 6.07) is 15.8. The molecule has 0 unspecified atom stereocenters. The van der Waals surface area contributed by atoms with E-state index in [1.165, 1.54) is 23.1 Å². The standard InChI is InChI=1S/C19H13Cl2NO2S2/c20-12-3-8-15(16(21)10-12)17(23)11-26-14-6-4-13(5-7-14)22-19(24)18-2-1-9-25-18/h1-10H,11H2,(H,22,24). The van der Waals surface area contributed by atoms with Crippen LogP contribution in [0.2, 0.25) is 10.0 Å². The molecule has 0 saturated heterocycles. The second kappa shape index (κ2) is 8.73. The average molecular weight is 422 g/mol. The lowest BCUT2D eigenvalue weighted by molar-refractivity contribution is 0.101. The number of hydrogen-bond acceptors (Lipinski definition) is 4. The Morgan fingerprint density at radius 3 is 2.46 bits per heavy atom. The van der Waals surface area contributed by atoms with Gasteiger partial charge in [-0.1, -0.05) is 29.3 Å². The quantitative estimate of drug-likeness (QED) is 0.376.